The standard InChI is InChI=1S/C10H14BrNOS/c1-10(2,3)9(12)7(13)8-6(11)4-5-14-8/h4-5,9H,12H2,1-3H3. The van der Waals surface area contributed by atoms with Crippen molar-refractivity contribution in [2.24, 2.45) is 11.1 Å². The van der Waals surface area contributed by atoms with E-state index in [-0.39, 0.29) is 11.2 Å². The third-order valence-electron chi connectivity index (χ3n) is 2.06. The predicted octanol–water partition coefficient (Wildman–Crippen LogP) is 3.07. The molecule has 0 aliphatic carbocycles. The Hall–Kier alpha value is -0.190. The Bertz CT molecular complexity index is 340. The summed E-state index contributed by atoms with van der Waals surface area (Å²) in [5.41, 5.74) is 5.70. The molecule has 1 aromatic heterocycles. The molecule has 0 saturated heterocycles. The van der Waals surface area contributed by atoms with Crippen molar-refractivity contribution in [3.8, 4) is 0 Å². The van der Waals surface area contributed by atoms with Crippen LogP contribution in [0.4, 0.5) is 0 Å². The second-order valence-electron chi connectivity index (χ2n) is 4.31. The van der Waals surface area contributed by atoms with Crippen molar-refractivity contribution in [3.05, 3.63) is 20.8 Å². The van der Waals surface area contributed by atoms with E-state index in [0.717, 1.165) is 4.47 Å². The molecule has 0 aromatic carbocycles. The molecule has 78 valence electrons. The van der Waals surface area contributed by atoms with Gasteiger partial charge < -0.3 is 5.73 Å². The van der Waals surface area contributed by atoms with Crippen LogP contribution in [-0.4, -0.2) is 11.8 Å². The Morgan fingerprint density at radius 3 is 2.50 bits per heavy atom. The minimum atomic E-state index is -0.447. The molecule has 1 unspecified atom stereocenters. The van der Waals surface area contributed by atoms with E-state index in [4.69, 9.17) is 5.73 Å². The zero-order valence-electron chi connectivity index (χ0n) is 8.50. The van der Waals surface area contributed by atoms with Crippen molar-refractivity contribution in [1.82, 2.24) is 0 Å². The average molecular weight is 276 g/mol. The van der Waals surface area contributed by atoms with Crippen LogP contribution in [0.2, 0.25) is 0 Å². The fourth-order valence-corrected chi connectivity index (χ4v) is 2.55. The molecule has 4 heteroatoms. The Kier molecular flexibility index (Phi) is 3.50. The van der Waals surface area contributed by atoms with Gasteiger partial charge in [0.1, 0.15) is 0 Å². The van der Waals surface area contributed by atoms with Crippen LogP contribution in [0, 0.1) is 5.41 Å². The number of halogens is 1. The first-order valence-electron chi connectivity index (χ1n) is 4.37. The van der Waals surface area contributed by atoms with Gasteiger partial charge in [-0.15, -0.1) is 11.3 Å². The minimum absolute atomic E-state index is 0.0133. The number of rotatable bonds is 2. The highest BCUT2D eigenvalue weighted by Crippen LogP contribution is 2.28. The molecule has 0 bridgehead atoms. The highest BCUT2D eigenvalue weighted by Gasteiger charge is 2.29. The summed E-state index contributed by atoms with van der Waals surface area (Å²) in [5, 5.41) is 1.88. The molecule has 0 spiro atoms. The Labute approximate surface area is 96.6 Å². The third kappa shape index (κ3) is 2.43. The normalized spacial score (nSPS) is 14.1. The van der Waals surface area contributed by atoms with Gasteiger partial charge in [-0.1, -0.05) is 20.8 Å². The smallest absolute Gasteiger partial charge is 0.191 e. The van der Waals surface area contributed by atoms with Crippen molar-refractivity contribution in [2.75, 3.05) is 0 Å². The van der Waals surface area contributed by atoms with Gasteiger partial charge in [-0.3, -0.25) is 4.79 Å². The van der Waals surface area contributed by atoms with Crippen LogP contribution < -0.4 is 5.73 Å². The highest BCUT2D eigenvalue weighted by atomic mass is 79.9. The van der Waals surface area contributed by atoms with Gasteiger partial charge in [-0.2, -0.15) is 0 Å². The van der Waals surface area contributed by atoms with Crippen molar-refractivity contribution in [2.45, 2.75) is 26.8 Å². The SMILES string of the molecule is CC(C)(C)C(N)C(=O)c1sccc1Br. The maximum absolute atomic E-state index is 11.9. The van der Waals surface area contributed by atoms with E-state index in [1.165, 1.54) is 11.3 Å². The zero-order chi connectivity index (χ0) is 10.9. The molecule has 1 heterocycles. The Morgan fingerprint density at radius 1 is 1.57 bits per heavy atom. The van der Waals surface area contributed by atoms with Crippen molar-refractivity contribution < 1.29 is 4.79 Å². The van der Waals surface area contributed by atoms with E-state index in [2.05, 4.69) is 15.9 Å². The first kappa shape index (κ1) is 11.9. The summed E-state index contributed by atoms with van der Waals surface area (Å²) in [5.74, 6) is 0.0133. The molecule has 0 fully saturated rings. The number of hydrogen-bond acceptors (Lipinski definition) is 3. The quantitative estimate of drug-likeness (QED) is 0.843. The fraction of sp³-hybridized carbons (Fsp3) is 0.500. The second-order valence-corrected chi connectivity index (χ2v) is 6.08. The van der Waals surface area contributed by atoms with Crippen molar-refractivity contribution in [1.29, 1.82) is 0 Å². The van der Waals surface area contributed by atoms with Gasteiger partial charge in [0.2, 0.25) is 0 Å². The molecule has 0 amide bonds. The summed E-state index contributed by atoms with van der Waals surface area (Å²) in [6.45, 7) is 5.91. The van der Waals surface area contributed by atoms with Gasteiger partial charge in [0.15, 0.2) is 5.78 Å². The largest absolute Gasteiger partial charge is 0.321 e. The monoisotopic (exact) mass is 275 g/mol. The second kappa shape index (κ2) is 4.13. The van der Waals surface area contributed by atoms with Crippen LogP contribution >= 0.6 is 27.3 Å². The molecule has 0 aliphatic heterocycles. The number of carbonyl (C=O) groups excluding carboxylic acids is 1. The number of ketones is 1. The van der Waals surface area contributed by atoms with E-state index < -0.39 is 6.04 Å². The fourth-order valence-electron chi connectivity index (χ4n) is 1.00. The van der Waals surface area contributed by atoms with Crippen LogP contribution in [0.5, 0.6) is 0 Å². The summed E-state index contributed by atoms with van der Waals surface area (Å²) >= 11 is 4.76. The maximum Gasteiger partial charge on any atom is 0.191 e. The lowest BCUT2D eigenvalue weighted by molar-refractivity contribution is 0.0905. The summed E-state index contributed by atoms with van der Waals surface area (Å²) in [7, 11) is 0. The van der Waals surface area contributed by atoms with Crippen LogP contribution in [0.1, 0.15) is 30.4 Å². The first-order valence-corrected chi connectivity index (χ1v) is 6.04. The van der Waals surface area contributed by atoms with Gasteiger partial charge in [0.05, 0.1) is 10.9 Å². The molecule has 0 aliphatic rings. The van der Waals surface area contributed by atoms with Gasteiger partial charge in [0.25, 0.3) is 0 Å². The maximum atomic E-state index is 11.9. The van der Waals surface area contributed by atoms with E-state index in [1.807, 2.05) is 32.2 Å². The van der Waals surface area contributed by atoms with Gasteiger partial charge in [-0.25, -0.2) is 0 Å². The Balaban J connectivity index is 2.92. The van der Waals surface area contributed by atoms with Gasteiger partial charge in [-0.05, 0) is 32.8 Å². The van der Waals surface area contributed by atoms with Crippen LogP contribution in [0.25, 0.3) is 0 Å². The molecule has 2 N–H and O–H groups in total. The van der Waals surface area contributed by atoms with E-state index in [1.54, 1.807) is 0 Å². The van der Waals surface area contributed by atoms with Crippen molar-refractivity contribution >= 4 is 33.0 Å². The lowest BCUT2D eigenvalue weighted by Gasteiger charge is -2.25. The van der Waals surface area contributed by atoms with E-state index in [9.17, 15) is 4.79 Å². The molecule has 0 radical (unpaired) electrons. The lowest BCUT2D eigenvalue weighted by Crippen LogP contribution is -2.42. The lowest BCUT2D eigenvalue weighted by atomic mass is 9.84. The Morgan fingerprint density at radius 2 is 2.14 bits per heavy atom. The first-order chi connectivity index (χ1) is 6.34. The minimum Gasteiger partial charge on any atom is -0.321 e. The molecule has 0 saturated carbocycles. The molecule has 1 rings (SSSR count). The molecule has 1 aromatic rings. The van der Waals surface area contributed by atoms with Crippen LogP contribution in [0.15, 0.2) is 15.9 Å². The van der Waals surface area contributed by atoms with Crippen LogP contribution in [-0.2, 0) is 0 Å². The topological polar surface area (TPSA) is 43.1 Å². The van der Waals surface area contributed by atoms with E-state index in [0.29, 0.717) is 4.88 Å². The number of carbonyl (C=O) groups is 1. The summed E-state index contributed by atoms with van der Waals surface area (Å²) in [6.07, 6.45) is 0. The summed E-state index contributed by atoms with van der Waals surface area (Å²) in [6, 6.07) is 1.42. The summed E-state index contributed by atoms with van der Waals surface area (Å²) < 4.78 is 0.840. The van der Waals surface area contributed by atoms with Crippen molar-refractivity contribution in [3.63, 3.8) is 0 Å². The number of thiophene rings is 1. The van der Waals surface area contributed by atoms with Gasteiger partial charge >= 0.3 is 0 Å². The van der Waals surface area contributed by atoms with E-state index >= 15 is 0 Å². The highest BCUT2D eigenvalue weighted by molar-refractivity contribution is 9.10. The molecular weight excluding hydrogens is 262 g/mol. The average Bonchev–Trinajstić information content (AvgIpc) is 2.47. The third-order valence-corrected chi connectivity index (χ3v) is 3.91. The predicted molar refractivity (Wildman–Crippen MR) is 63.8 cm³/mol. The number of Topliss-reactive ketones (excluding diaryl/α,β-unsaturated/α-hetero) is 1. The molecule has 1 atom stereocenters. The number of nitrogens with two attached hydrogens (primary N) is 1. The molecule has 2 nitrogen and oxygen atoms in total. The van der Waals surface area contributed by atoms with Crippen LogP contribution in [0.3, 0.4) is 0 Å². The zero-order valence-corrected chi connectivity index (χ0v) is 10.9. The summed E-state index contributed by atoms with van der Waals surface area (Å²) in [4.78, 5) is 12.6. The molecular formula is C10H14BrNOS. The number of hydrogen-bond donors (Lipinski definition) is 1. The molecule has 14 heavy (non-hydrogen) atoms. The van der Waals surface area contributed by atoms with Gasteiger partial charge in [0, 0.05) is 4.47 Å².